The van der Waals surface area contributed by atoms with Crippen molar-refractivity contribution in [3.8, 4) is 5.75 Å². The lowest BCUT2D eigenvalue weighted by atomic mass is 9.82. The number of nitrogens with one attached hydrogen (secondary N) is 1. The van der Waals surface area contributed by atoms with Gasteiger partial charge < -0.3 is 9.72 Å². The summed E-state index contributed by atoms with van der Waals surface area (Å²) in [5.41, 5.74) is -1.14. The van der Waals surface area contributed by atoms with Crippen LogP contribution in [0.3, 0.4) is 0 Å². The number of carbonyl (C=O) groups excluding carboxylic acids is 2. The molecule has 0 aliphatic carbocycles. The van der Waals surface area contributed by atoms with E-state index in [-0.39, 0.29) is 28.6 Å². The standard InChI is InChI=1S/C28H18F3N3O6S2/c29-28(30,31)17-8-4-5-9-18(17)33-25(35)21-20(22-24(32-27(37)42-22)41-23(21)26(33)36)16-12-15(34(38)39)10-11-19(16)40-13-14-6-2-1-3-7-14/h1-12,20-21,23H,13H2,(H,32,37)/t20-,21?,23?/m1/s1. The van der Waals surface area contributed by atoms with Crippen molar-refractivity contribution < 1.29 is 32.4 Å². The van der Waals surface area contributed by atoms with E-state index in [4.69, 9.17) is 4.74 Å². The summed E-state index contributed by atoms with van der Waals surface area (Å²) in [4.78, 5) is 54.3. The molecule has 3 atom stereocenters. The predicted molar refractivity (Wildman–Crippen MR) is 148 cm³/mol. The number of non-ortho nitro benzene ring substituents is 1. The Balaban J connectivity index is 1.50. The van der Waals surface area contributed by atoms with E-state index in [1.165, 1.54) is 24.3 Å². The topological polar surface area (TPSA) is 123 Å². The maximum atomic E-state index is 14.0. The number of thioether (sulfide) groups is 1. The number of carbonyl (C=O) groups is 2. The molecule has 1 aromatic heterocycles. The van der Waals surface area contributed by atoms with Crippen LogP contribution >= 0.6 is 23.1 Å². The van der Waals surface area contributed by atoms with Gasteiger partial charge in [0.15, 0.2) is 0 Å². The molecule has 0 spiro atoms. The van der Waals surface area contributed by atoms with Crippen LogP contribution in [0.2, 0.25) is 0 Å². The Bertz CT molecular complexity index is 1790. The van der Waals surface area contributed by atoms with Crippen molar-refractivity contribution >= 4 is 46.3 Å². The fourth-order valence-corrected chi connectivity index (χ4v) is 7.76. The quantitative estimate of drug-likeness (QED) is 0.167. The Morgan fingerprint density at radius 2 is 1.69 bits per heavy atom. The number of H-pyrrole nitrogens is 1. The molecule has 2 unspecified atom stereocenters. The summed E-state index contributed by atoms with van der Waals surface area (Å²) in [7, 11) is 0. The highest BCUT2D eigenvalue weighted by atomic mass is 32.2. The van der Waals surface area contributed by atoms with Crippen LogP contribution in [0.4, 0.5) is 24.5 Å². The number of alkyl halides is 3. The number of rotatable bonds is 6. The van der Waals surface area contributed by atoms with Gasteiger partial charge in [0.2, 0.25) is 11.8 Å². The molecule has 4 aromatic rings. The number of nitro benzene ring substituents is 1. The lowest BCUT2D eigenvalue weighted by Crippen LogP contribution is -2.33. The first-order valence-electron chi connectivity index (χ1n) is 12.4. The molecule has 6 rings (SSSR count). The van der Waals surface area contributed by atoms with Crippen LogP contribution in [-0.2, 0) is 22.4 Å². The molecular formula is C28H18F3N3O6S2. The fraction of sp³-hybridized carbons (Fsp3) is 0.179. The third-order valence-electron chi connectivity index (χ3n) is 7.05. The first-order valence-corrected chi connectivity index (χ1v) is 14.1. The molecule has 0 bridgehead atoms. The number of halogens is 3. The second kappa shape index (κ2) is 10.4. The molecule has 1 fully saturated rings. The molecule has 42 heavy (non-hydrogen) atoms. The average molecular weight is 614 g/mol. The molecule has 2 amide bonds. The van der Waals surface area contributed by atoms with Crippen LogP contribution < -0.4 is 14.5 Å². The Labute approximate surface area is 243 Å². The number of nitrogens with zero attached hydrogens (tertiary/aromatic N) is 2. The summed E-state index contributed by atoms with van der Waals surface area (Å²) < 4.78 is 47.8. The molecule has 1 N–H and O–H groups in total. The molecule has 2 aliphatic rings. The van der Waals surface area contributed by atoms with Crippen molar-refractivity contribution in [1.29, 1.82) is 0 Å². The SMILES string of the molecule is O=C1C2Sc3[nH]c(=O)sc3[C@H](c3cc([N+](=O)[O-])ccc3OCc3ccccc3)C2C(=O)N1c1ccccc1C(F)(F)F. The van der Waals surface area contributed by atoms with Crippen molar-refractivity contribution in [3.63, 3.8) is 0 Å². The highest BCUT2D eigenvalue weighted by Gasteiger charge is 2.58. The van der Waals surface area contributed by atoms with Crippen molar-refractivity contribution in [2.24, 2.45) is 5.92 Å². The van der Waals surface area contributed by atoms with Crippen molar-refractivity contribution in [2.45, 2.75) is 29.0 Å². The van der Waals surface area contributed by atoms with Crippen LogP contribution in [0.25, 0.3) is 0 Å². The number of hydrogen-bond acceptors (Lipinski definition) is 8. The molecular weight excluding hydrogens is 595 g/mol. The van der Waals surface area contributed by atoms with Gasteiger partial charge in [0, 0.05) is 28.5 Å². The van der Waals surface area contributed by atoms with Gasteiger partial charge in [-0.1, -0.05) is 65.6 Å². The monoisotopic (exact) mass is 613 g/mol. The number of para-hydroxylation sites is 1. The molecule has 1 saturated heterocycles. The van der Waals surface area contributed by atoms with Gasteiger partial charge in [-0.05, 0) is 23.8 Å². The molecule has 0 saturated carbocycles. The van der Waals surface area contributed by atoms with E-state index in [2.05, 4.69) is 4.98 Å². The van der Waals surface area contributed by atoms with E-state index in [1.807, 2.05) is 18.2 Å². The van der Waals surface area contributed by atoms with Gasteiger partial charge in [0.1, 0.15) is 17.6 Å². The third-order valence-corrected chi connectivity index (χ3v) is 9.45. The zero-order chi connectivity index (χ0) is 29.8. The number of nitro groups is 1. The molecule has 3 heterocycles. The van der Waals surface area contributed by atoms with Gasteiger partial charge >= 0.3 is 11.0 Å². The van der Waals surface area contributed by atoms with E-state index in [0.717, 1.165) is 46.9 Å². The number of ether oxygens (including phenoxy) is 1. The Morgan fingerprint density at radius 3 is 2.40 bits per heavy atom. The summed E-state index contributed by atoms with van der Waals surface area (Å²) in [6.07, 6.45) is -4.85. The minimum Gasteiger partial charge on any atom is -0.489 e. The number of aromatic nitrogens is 1. The minimum atomic E-state index is -4.85. The third kappa shape index (κ3) is 4.75. The van der Waals surface area contributed by atoms with Crippen LogP contribution in [0.1, 0.15) is 27.5 Å². The second-order valence-corrected chi connectivity index (χ2v) is 11.7. The first kappa shape index (κ1) is 27.7. The first-order chi connectivity index (χ1) is 20.0. The normalized spacial score (nSPS) is 19.9. The van der Waals surface area contributed by atoms with E-state index in [0.29, 0.717) is 9.78 Å². The maximum absolute atomic E-state index is 14.0. The number of imide groups is 1. The van der Waals surface area contributed by atoms with Crippen LogP contribution in [0, 0.1) is 16.0 Å². The average Bonchev–Trinajstić information content (AvgIpc) is 3.45. The van der Waals surface area contributed by atoms with Gasteiger partial charge in [0.05, 0.1) is 27.1 Å². The Morgan fingerprint density at radius 1 is 0.976 bits per heavy atom. The Hall–Kier alpha value is -4.43. The van der Waals surface area contributed by atoms with Crippen LogP contribution in [0.15, 0.2) is 82.6 Å². The van der Waals surface area contributed by atoms with Gasteiger partial charge in [-0.3, -0.25) is 24.5 Å². The van der Waals surface area contributed by atoms with Crippen molar-refractivity contribution in [2.75, 3.05) is 4.90 Å². The molecule has 0 radical (unpaired) electrons. The number of benzene rings is 3. The summed E-state index contributed by atoms with van der Waals surface area (Å²) >= 11 is 1.65. The molecule has 214 valence electrons. The van der Waals surface area contributed by atoms with Crippen LogP contribution in [-0.4, -0.2) is 27.0 Å². The van der Waals surface area contributed by atoms with Crippen molar-refractivity contribution in [1.82, 2.24) is 4.98 Å². The zero-order valence-electron chi connectivity index (χ0n) is 21.2. The number of fused-ring (bicyclic) bond motifs is 2. The van der Waals surface area contributed by atoms with E-state index >= 15 is 0 Å². The van der Waals surface area contributed by atoms with E-state index in [1.54, 1.807) is 12.1 Å². The second-order valence-electron chi connectivity index (χ2n) is 9.53. The van der Waals surface area contributed by atoms with Crippen LogP contribution in [0.5, 0.6) is 5.75 Å². The fourth-order valence-electron chi connectivity index (χ4n) is 5.26. The highest BCUT2D eigenvalue weighted by molar-refractivity contribution is 8.00. The number of hydrogen-bond donors (Lipinski definition) is 1. The van der Waals surface area contributed by atoms with Gasteiger partial charge in [-0.2, -0.15) is 13.2 Å². The van der Waals surface area contributed by atoms with Gasteiger partial charge in [-0.15, -0.1) is 0 Å². The predicted octanol–water partition coefficient (Wildman–Crippen LogP) is 5.74. The highest BCUT2D eigenvalue weighted by Crippen LogP contribution is 2.55. The maximum Gasteiger partial charge on any atom is 0.418 e. The largest absolute Gasteiger partial charge is 0.489 e. The molecule has 14 heteroatoms. The number of amides is 2. The lowest BCUT2D eigenvalue weighted by molar-refractivity contribution is -0.385. The lowest BCUT2D eigenvalue weighted by Gasteiger charge is -2.30. The summed E-state index contributed by atoms with van der Waals surface area (Å²) in [6, 6.07) is 17.2. The molecule has 3 aromatic carbocycles. The zero-order valence-corrected chi connectivity index (χ0v) is 22.8. The number of aromatic amines is 1. The number of thiazole rings is 1. The Kier molecular flexibility index (Phi) is 6.89. The smallest absolute Gasteiger partial charge is 0.418 e. The summed E-state index contributed by atoms with van der Waals surface area (Å²) in [5, 5.41) is 10.8. The molecule has 2 aliphatic heterocycles. The van der Waals surface area contributed by atoms with Gasteiger partial charge in [0.25, 0.3) is 5.69 Å². The van der Waals surface area contributed by atoms with E-state index in [9.17, 15) is 37.7 Å². The minimum absolute atomic E-state index is 0.0649. The number of anilines is 1. The summed E-state index contributed by atoms with van der Waals surface area (Å²) in [6.45, 7) is 0.0649. The molecule has 9 nitrogen and oxygen atoms in total. The van der Waals surface area contributed by atoms with Crippen molar-refractivity contribution in [3.05, 3.63) is 114 Å². The van der Waals surface area contributed by atoms with E-state index < -0.39 is 56.1 Å². The summed E-state index contributed by atoms with van der Waals surface area (Å²) in [5.74, 6) is -4.00. The van der Waals surface area contributed by atoms with Gasteiger partial charge in [-0.25, -0.2) is 4.90 Å².